The molecule has 20 heavy (non-hydrogen) atoms. The molecule has 110 valence electrons. The van der Waals surface area contributed by atoms with Crippen LogP contribution < -0.4 is 11.1 Å². The summed E-state index contributed by atoms with van der Waals surface area (Å²) < 4.78 is 0. The van der Waals surface area contributed by atoms with Gasteiger partial charge < -0.3 is 11.1 Å². The van der Waals surface area contributed by atoms with Crippen molar-refractivity contribution >= 4 is 18.3 Å². The highest BCUT2D eigenvalue weighted by Crippen LogP contribution is 2.32. The summed E-state index contributed by atoms with van der Waals surface area (Å²) in [7, 11) is 0. The van der Waals surface area contributed by atoms with Crippen LogP contribution in [0.4, 0.5) is 0 Å². The van der Waals surface area contributed by atoms with Gasteiger partial charge in [0.1, 0.15) is 0 Å². The fourth-order valence-electron chi connectivity index (χ4n) is 2.99. The molecule has 0 aromatic heterocycles. The molecule has 1 aromatic rings. The maximum Gasteiger partial charge on any atom is 0.251 e. The Morgan fingerprint density at radius 1 is 1.25 bits per heavy atom. The minimum Gasteiger partial charge on any atom is -0.348 e. The molecule has 1 fully saturated rings. The molecule has 0 bridgehead atoms. The predicted molar refractivity (Wildman–Crippen MR) is 83.4 cm³/mol. The lowest BCUT2D eigenvalue weighted by Gasteiger charge is -2.19. The minimum absolute atomic E-state index is 0. The van der Waals surface area contributed by atoms with Crippen LogP contribution in [0.5, 0.6) is 0 Å². The van der Waals surface area contributed by atoms with Crippen molar-refractivity contribution in [1.29, 1.82) is 0 Å². The number of carbonyl (C=O) groups is 1. The van der Waals surface area contributed by atoms with Crippen molar-refractivity contribution in [3.05, 3.63) is 34.9 Å². The molecule has 1 amide bonds. The summed E-state index contributed by atoms with van der Waals surface area (Å²) in [6, 6.07) is 6.31. The Morgan fingerprint density at radius 2 is 1.95 bits per heavy atom. The second-order valence-electron chi connectivity index (χ2n) is 5.84. The molecule has 1 aromatic carbocycles. The van der Waals surface area contributed by atoms with E-state index in [1.165, 1.54) is 36.8 Å². The predicted octanol–water partition coefficient (Wildman–Crippen LogP) is 2.45. The van der Waals surface area contributed by atoms with Crippen LogP contribution in [-0.2, 0) is 12.8 Å². The Morgan fingerprint density at radius 3 is 2.60 bits per heavy atom. The molecule has 1 unspecified atom stereocenters. The molecule has 0 radical (unpaired) electrons. The fraction of sp³-hybridized carbons (Fsp3) is 0.562. The van der Waals surface area contributed by atoms with E-state index in [2.05, 4.69) is 17.4 Å². The summed E-state index contributed by atoms with van der Waals surface area (Å²) in [5.74, 6) is 0.641. The van der Waals surface area contributed by atoms with Gasteiger partial charge in [-0.1, -0.05) is 6.07 Å². The Bertz CT molecular complexity index is 485. The lowest BCUT2D eigenvalue weighted by atomic mass is 9.90. The molecule has 0 saturated heterocycles. The number of halogens is 1. The van der Waals surface area contributed by atoms with Gasteiger partial charge in [0.2, 0.25) is 0 Å². The molecule has 1 saturated carbocycles. The summed E-state index contributed by atoms with van der Waals surface area (Å²) in [4.78, 5) is 12.3. The number of fused-ring (bicyclic) bond motifs is 1. The molecule has 0 aliphatic heterocycles. The van der Waals surface area contributed by atoms with E-state index in [9.17, 15) is 4.79 Å². The normalized spacial score (nSPS) is 18.6. The Labute approximate surface area is 126 Å². The average molecular weight is 295 g/mol. The van der Waals surface area contributed by atoms with Crippen LogP contribution in [0.25, 0.3) is 0 Å². The lowest BCUT2D eigenvalue weighted by Crippen LogP contribution is -2.41. The SMILES string of the molecule is Cl.NCC(NC(=O)c1ccc2c(c1)CCCC2)C1CC1. The topological polar surface area (TPSA) is 55.1 Å². The second kappa shape index (κ2) is 6.59. The zero-order valence-electron chi connectivity index (χ0n) is 11.7. The van der Waals surface area contributed by atoms with Crippen molar-refractivity contribution in [3.8, 4) is 0 Å². The van der Waals surface area contributed by atoms with Crippen LogP contribution in [0.1, 0.15) is 47.2 Å². The molecular formula is C16H23ClN2O. The van der Waals surface area contributed by atoms with Gasteiger partial charge in [-0.25, -0.2) is 0 Å². The van der Waals surface area contributed by atoms with E-state index in [1.807, 2.05) is 6.07 Å². The maximum absolute atomic E-state index is 12.3. The van der Waals surface area contributed by atoms with Gasteiger partial charge in [0.05, 0.1) is 0 Å². The van der Waals surface area contributed by atoms with Crippen LogP contribution in [0, 0.1) is 5.92 Å². The van der Waals surface area contributed by atoms with Crippen LogP contribution >= 0.6 is 12.4 Å². The molecule has 2 aliphatic carbocycles. The Hall–Kier alpha value is -1.06. The maximum atomic E-state index is 12.3. The first-order chi connectivity index (χ1) is 9.28. The number of benzene rings is 1. The first-order valence-electron chi connectivity index (χ1n) is 7.40. The van der Waals surface area contributed by atoms with Crippen molar-refractivity contribution in [2.75, 3.05) is 6.54 Å². The summed E-state index contributed by atoms with van der Waals surface area (Å²) >= 11 is 0. The van der Waals surface area contributed by atoms with Crippen molar-refractivity contribution in [1.82, 2.24) is 5.32 Å². The zero-order valence-corrected chi connectivity index (χ0v) is 12.5. The molecular weight excluding hydrogens is 272 g/mol. The fourth-order valence-corrected chi connectivity index (χ4v) is 2.99. The van der Waals surface area contributed by atoms with Gasteiger partial charge in [0, 0.05) is 18.2 Å². The van der Waals surface area contributed by atoms with Gasteiger partial charge in [-0.05, 0) is 67.7 Å². The van der Waals surface area contributed by atoms with E-state index in [0.29, 0.717) is 12.5 Å². The highest BCUT2D eigenvalue weighted by atomic mass is 35.5. The third kappa shape index (κ3) is 3.33. The molecule has 1 atom stereocenters. The van der Waals surface area contributed by atoms with Crippen molar-refractivity contribution in [2.24, 2.45) is 11.7 Å². The van der Waals surface area contributed by atoms with Gasteiger partial charge in [-0.2, -0.15) is 0 Å². The zero-order chi connectivity index (χ0) is 13.2. The summed E-state index contributed by atoms with van der Waals surface area (Å²) in [6.45, 7) is 0.543. The van der Waals surface area contributed by atoms with Crippen LogP contribution in [-0.4, -0.2) is 18.5 Å². The van der Waals surface area contributed by atoms with E-state index in [0.717, 1.165) is 18.4 Å². The standard InChI is InChI=1S/C16H22N2O.ClH/c17-10-15(12-6-7-12)18-16(19)14-8-5-11-3-1-2-4-13(11)9-14;/h5,8-9,12,15H,1-4,6-7,10,17H2,(H,18,19);1H. The highest BCUT2D eigenvalue weighted by molar-refractivity contribution is 5.94. The molecule has 4 heteroatoms. The number of hydrogen-bond acceptors (Lipinski definition) is 2. The minimum atomic E-state index is 0. The number of nitrogens with two attached hydrogens (primary N) is 1. The number of nitrogens with one attached hydrogen (secondary N) is 1. The molecule has 2 aliphatic rings. The van der Waals surface area contributed by atoms with Gasteiger partial charge in [-0.15, -0.1) is 12.4 Å². The van der Waals surface area contributed by atoms with Crippen LogP contribution in [0.15, 0.2) is 18.2 Å². The molecule has 0 spiro atoms. The van der Waals surface area contributed by atoms with E-state index in [-0.39, 0.29) is 24.4 Å². The van der Waals surface area contributed by atoms with Gasteiger partial charge in [0.25, 0.3) is 5.91 Å². The van der Waals surface area contributed by atoms with E-state index in [1.54, 1.807) is 0 Å². The monoisotopic (exact) mass is 294 g/mol. The van der Waals surface area contributed by atoms with Gasteiger partial charge in [0.15, 0.2) is 0 Å². The number of aryl methyl sites for hydroxylation is 2. The average Bonchev–Trinajstić information content (AvgIpc) is 3.28. The largest absolute Gasteiger partial charge is 0.348 e. The van der Waals surface area contributed by atoms with Gasteiger partial charge in [-0.3, -0.25) is 4.79 Å². The number of hydrogen-bond donors (Lipinski definition) is 2. The molecule has 0 heterocycles. The molecule has 3 nitrogen and oxygen atoms in total. The first-order valence-corrected chi connectivity index (χ1v) is 7.40. The Balaban J connectivity index is 0.00000147. The Kier molecular flexibility index (Phi) is 5.06. The third-order valence-electron chi connectivity index (χ3n) is 4.37. The quantitative estimate of drug-likeness (QED) is 0.896. The van der Waals surface area contributed by atoms with Crippen molar-refractivity contribution in [2.45, 2.75) is 44.6 Å². The van der Waals surface area contributed by atoms with E-state index in [4.69, 9.17) is 5.73 Å². The number of amides is 1. The highest BCUT2D eigenvalue weighted by Gasteiger charge is 2.31. The lowest BCUT2D eigenvalue weighted by molar-refractivity contribution is 0.0933. The van der Waals surface area contributed by atoms with Crippen molar-refractivity contribution < 1.29 is 4.79 Å². The van der Waals surface area contributed by atoms with Gasteiger partial charge >= 0.3 is 0 Å². The molecule has 3 rings (SSSR count). The van der Waals surface area contributed by atoms with Crippen LogP contribution in [0.3, 0.4) is 0 Å². The van der Waals surface area contributed by atoms with E-state index < -0.39 is 0 Å². The smallest absolute Gasteiger partial charge is 0.251 e. The first kappa shape index (κ1) is 15.3. The third-order valence-corrected chi connectivity index (χ3v) is 4.37. The van der Waals surface area contributed by atoms with Crippen LogP contribution in [0.2, 0.25) is 0 Å². The summed E-state index contributed by atoms with van der Waals surface area (Å²) in [5.41, 5.74) is 9.30. The summed E-state index contributed by atoms with van der Waals surface area (Å²) in [5, 5.41) is 3.09. The summed E-state index contributed by atoms with van der Waals surface area (Å²) in [6.07, 6.45) is 7.18. The van der Waals surface area contributed by atoms with Crippen molar-refractivity contribution in [3.63, 3.8) is 0 Å². The molecule has 3 N–H and O–H groups in total. The van der Waals surface area contributed by atoms with E-state index >= 15 is 0 Å². The number of carbonyl (C=O) groups excluding carboxylic acids is 1. The second-order valence-corrected chi connectivity index (χ2v) is 5.84. The number of rotatable bonds is 4.